The van der Waals surface area contributed by atoms with Crippen molar-refractivity contribution in [3.05, 3.63) is 78.4 Å². The first-order chi connectivity index (χ1) is 18.5. The van der Waals surface area contributed by atoms with Crippen molar-refractivity contribution in [3.8, 4) is 0 Å². The number of carbonyl (C=O) groups is 3. The topological polar surface area (TPSA) is 73.4 Å². The zero-order valence-electron chi connectivity index (χ0n) is 21.4. The lowest BCUT2D eigenvalue weighted by atomic mass is 9.85. The fourth-order valence-corrected chi connectivity index (χ4v) is 5.98. The average molecular weight is 513 g/mol. The lowest BCUT2D eigenvalue weighted by Crippen LogP contribution is -2.57. The monoisotopic (exact) mass is 512 g/mol. The van der Waals surface area contributed by atoms with Gasteiger partial charge in [0.2, 0.25) is 5.91 Å². The first-order valence-electron chi connectivity index (χ1n) is 13.3. The van der Waals surface area contributed by atoms with Gasteiger partial charge < -0.3 is 24.3 Å². The summed E-state index contributed by atoms with van der Waals surface area (Å²) in [6.07, 6.45) is 1.03. The first kappa shape index (κ1) is 24.4. The Morgan fingerprint density at radius 2 is 1.47 bits per heavy atom. The summed E-state index contributed by atoms with van der Waals surface area (Å²) in [7, 11) is 0. The molecule has 0 bridgehead atoms. The number of ether oxygens (including phenoxy) is 1. The Bertz CT molecular complexity index is 1350. The molecule has 3 aliphatic heterocycles. The number of piperidine rings is 1. The van der Waals surface area contributed by atoms with Gasteiger partial charge in [-0.3, -0.25) is 14.4 Å². The van der Waals surface area contributed by atoms with Gasteiger partial charge in [-0.25, -0.2) is 0 Å². The third-order valence-corrected chi connectivity index (χ3v) is 8.15. The minimum Gasteiger partial charge on any atom is -0.378 e. The zero-order valence-corrected chi connectivity index (χ0v) is 21.4. The molecule has 8 heteroatoms. The maximum absolute atomic E-state index is 14.0. The second-order valence-electron chi connectivity index (χ2n) is 10.3. The maximum atomic E-state index is 14.0. The van der Waals surface area contributed by atoms with Gasteiger partial charge in [-0.05, 0) is 47.9 Å². The number of para-hydroxylation sites is 1. The number of carbonyl (C=O) groups excluding carboxylic acids is 3. The Labute approximate surface area is 222 Å². The van der Waals surface area contributed by atoms with Gasteiger partial charge in [-0.2, -0.15) is 0 Å². The van der Waals surface area contributed by atoms with Crippen LogP contribution in [0.25, 0.3) is 10.8 Å². The number of benzene rings is 3. The van der Waals surface area contributed by atoms with Gasteiger partial charge in [0.25, 0.3) is 11.8 Å². The molecule has 3 aliphatic rings. The summed E-state index contributed by atoms with van der Waals surface area (Å²) in [6, 6.07) is 23.7. The van der Waals surface area contributed by atoms with Gasteiger partial charge >= 0.3 is 0 Å². The Balaban J connectivity index is 1.21. The third-order valence-electron chi connectivity index (χ3n) is 8.15. The SMILES string of the molecule is O=C(CN1CN(c2ccccc2)C2(CCN(C(=O)c3ccc4ccccc4c3)CC2)C1=O)N1CCOCC1. The van der Waals surface area contributed by atoms with Crippen LogP contribution in [-0.4, -0.2) is 90.6 Å². The number of likely N-dealkylation sites (tertiary alicyclic amines) is 1. The number of rotatable bonds is 4. The van der Waals surface area contributed by atoms with Gasteiger partial charge in [0.1, 0.15) is 12.1 Å². The van der Waals surface area contributed by atoms with E-state index in [0.29, 0.717) is 64.5 Å². The van der Waals surface area contributed by atoms with E-state index in [2.05, 4.69) is 4.90 Å². The molecular weight excluding hydrogens is 480 g/mol. The van der Waals surface area contributed by atoms with E-state index in [0.717, 1.165) is 16.5 Å². The number of fused-ring (bicyclic) bond motifs is 1. The maximum Gasteiger partial charge on any atom is 0.253 e. The van der Waals surface area contributed by atoms with Crippen molar-refractivity contribution in [2.75, 3.05) is 57.5 Å². The van der Waals surface area contributed by atoms with Gasteiger partial charge in [0, 0.05) is 37.4 Å². The molecule has 8 nitrogen and oxygen atoms in total. The van der Waals surface area contributed by atoms with Gasteiger partial charge in [0.05, 0.1) is 19.9 Å². The number of amides is 3. The zero-order chi connectivity index (χ0) is 26.1. The molecule has 0 saturated carbocycles. The van der Waals surface area contributed by atoms with Crippen LogP contribution in [0.4, 0.5) is 5.69 Å². The molecule has 0 aromatic heterocycles. The highest BCUT2D eigenvalue weighted by Gasteiger charge is 2.54. The highest BCUT2D eigenvalue weighted by Crippen LogP contribution is 2.39. The molecule has 3 fully saturated rings. The van der Waals surface area contributed by atoms with E-state index in [-0.39, 0.29) is 24.3 Å². The molecule has 0 aliphatic carbocycles. The van der Waals surface area contributed by atoms with Crippen molar-refractivity contribution < 1.29 is 19.1 Å². The number of anilines is 1. The Morgan fingerprint density at radius 1 is 0.789 bits per heavy atom. The lowest BCUT2D eigenvalue weighted by molar-refractivity contribution is -0.143. The lowest BCUT2D eigenvalue weighted by Gasteiger charge is -2.43. The molecule has 3 heterocycles. The highest BCUT2D eigenvalue weighted by atomic mass is 16.5. The van der Waals surface area contributed by atoms with E-state index in [4.69, 9.17) is 4.74 Å². The van der Waals surface area contributed by atoms with Crippen LogP contribution in [-0.2, 0) is 14.3 Å². The van der Waals surface area contributed by atoms with E-state index < -0.39 is 5.54 Å². The molecule has 0 unspecified atom stereocenters. The Morgan fingerprint density at radius 3 is 2.21 bits per heavy atom. The van der Waals surface area contributed by atoms with Crippen LogP contribution in [0.5, 0.6) is 0 Å². The van der Waals surface area contributed by atoms with Gasteiger partial charge in [-0.1, -0.05) is 48.5 Å². The quantitative estimate of drug-likeness (QED) is 0.538. The Kier molecular flexibility index (Phi) is 6.49. The standard InChI is InChI=1S/C30H32N4O4/c35-27(31-16-18-38-19-17-31)21-33-22-34(26-8-2-1-3-9-26)30(29(33)37)12-14-32(15-13-30)28(36)25-11-10-23-6-4-5-7-24(23)20-25/h1-11,20H,12-19,21-22H2. The number of hydrogen-bond acceptors (Lipinski definition) is 5. The number of nitrogens with zero attached hydrogens (tertiary/aromatic N) is 4. The van der Waals surface area contributed by atoms with Crippen molar-refractivity contribution in [3.63, 3.8) is 0 Å². The van der Waals surface area contributed by atoms with Crippen molar-refractivity contribution in [2.24, 2.45) is 0 Å². The van der Waals surface area contributed by atoms with Crippen LogP contribution in [0.2, 0.25) is 0 Å². The molecule has 0 atom stereocenters. The van der Waals surface area contributed by atoms with E-state index >= 15 is 0 Å². The molecule has 196 valence electrons. The van der Waals surface area contributed by atoms with Crippen LogP contribution in [0, 0.1) is 0 Å². The second kappa shape index (κ2) is 10.1. The van der Waals surface area contributed by atoms with Crippen LogP contribution in [0.3, 0.4) is 0 Å². The van der Waals surface area contributed by atoms with Crippen LogP contribution >= 0.6 is 0 Å². The predicted molar refractivity (Wildman–Crippen MR) is 145 cm³/mol. The number of morpholine rings is 1. The molecule has 38 heavy (non-hydrogen) atoms. The summed E-state index contributed by atoms with van der Waals surface area (Å²) >= 11 is 0. The van der Waals surface area contributed by atoms with Crippen LogP contribution in [0.1, 0.15) is 23.2 Å². The average Bonchev–Trinajstić information content (AvgIpc) is 3.24. The minimum absolute atomic E-state index is 0.0124. The summed E-state index contributed by atoms with van der Waals surface area (Å²) < 4.78 is 5.37. The first-order valence-corrected chi connectivity index (χ1v) is 13.3. The molecule has 1 spiro atoms. The van der Waals surface area contributed by atoms with Gasteiger partial charge in [0.15, 0.2) is 0 Å². The number of hydrogen-bond donors (Lipinski definition) is 0. The molecule has 0 radical (unpaired) electrons. The molecule has 0 N–H and O–H groups in total. The van der Waals surface area contributed by atoms with Crippen molar-refractivity contribution >= 4 is 34.2 Å². The molecule has 3 saturated heterocycles. The molecule has 3 aromatic rings. The predicted octanol–water partition coefficient (Wildman–Crippen LogP) is 2.98. The second-order valence-corrected chi connectivity index (χ2v) is 10.3. The summed E-state index contributed by atoms with van der Waals surface area (Å²) in [4.78, 5) is 47.9. The smallest absolute Gasteiger partial charge is 0.253 e. The molecule has 3 amide bonds. The largest absolute Gasteiger partial charge is 0.378 e. The van der Waals surface area contributed by atoms with Crippen molar-refractivity contribution in [1.82, 2.24) is 14.7 Å². The molecular formula is C30H32N4O4. The van der Waals surface area contributed by atoms with E-state index in [1.165, 1.54) is 0 Å². The van der Waals surface area contributed by atoms with Crippen molar-refractivity contribution in [1.29, 1.82) is 0 Å². The molecule has 3 aromatic carbocycles. The van der Waals surface area contributed by atoms with Crippen LogP contribution < -0.4 is 4.90 Å². The highest BCUT2D eigenvalue weighted by molar-refractivity contribution is 6.00. The van der Waals surface area contributed by atoms with Gasteiger partial charge in [-0.15, -0.1) is 0 Å². The van der Waals surface area contributed by atoms with E-state index in [1.807, 2.05) is 77.7 Å². The van der Waals surface area contributed by atoms with Crippen LogP contribution in [0.15, 0.2) is 72.8 Å². The minimum atomic E-state index is -0.771. The third kappa shape index (κ3) is 4.39. The summed E-state index contributed by atoms with van der Waals surface area (Å²) in [5, 5.41) is 2.14. The fourth-order valence-electron chi connectivity index (χ4n) is 5.98. The van der Waals surface area contributed by atoms with Crippen molar-refractivity contribution in [2.45, 2.75) is 18.4 Å². The summed E-state index contributed by atoms with van der Waals surface area (Å²) in [6.45, 7) is 3.54. The van der Waals surface area contributed by atoms with E-state index in [9.17, 15) is 14.4 Å². The molecule has 6 rings (SSSR count). The normalized spacial score (nSPS) is 19.4. The summed E-state index contributed by atoms with van der Waals surface area (Å²) in [5.74, 6) is -0.0851. The fraction of sp³-hybridized carbons (Fsp3) is 0.367. The van der Waals surface area contributed by atoms with E-state index in [1.54, 1.807) is 9.80 Å². The Hall–Kier alpha value is -3.91. The summed E-state index contributed by atoms with van der Waals surface area (Å²) in [5.41, 5.74) is 0.846.